The summed E-state index contributed by atoms with van der Waals surface area (Å²) in [6.45, 7) is 6.31. The highest BCUT2D eigenvalue weighted by Gasteiger charge is 2.20. The number of thioether (sulfide) groups is 1. The average molecular weight is 273 g/mol. The monoisotopic (exact) mass is 273 g/mol. The molecule has 0 saturated heterocycles. The lowest BCUT2D eigenvalue weighted by Gasteiger charge is -2.09. The molecule has 0 aliphatic carbocycles. The van der Waals surface area contributed by atoms with Crippen molar-refractivity contribution in [3.05, 3.63) is 0 Å². The van der Waals surface area contributed by atoms with E-state index in [-0.39, 0.29) is 0 Å². The Balaban J connectivity index is 2.51. The van der Waals surface area contributed by atoms with Crippen molar-refractivity contribution in [1.29, 1.82) is 0 Å². The maximum absolute atomic E-state index is 11.0. The van der Waals surface area contributed by atoms with Gasteiger partial charge in [0.25, 0.3) is 0 Å². The van der Waals surface area contributed by atoms with Crippen molar-refractivity contribution >= 4 is 17.7 Å². The highest BCUT2D eigenvalue weighted by Crippen LogP contribution is 2.22. The second-order valence-electron chi connectivity index (χ2n) is 3.79. The highest BCUT2D eigenvalue weighted by atomic mass is 32.2. The number of nitrogens with zero attached hydrogens (tertiary/aromatic N) is 4. The van der Waals surface area contributed by atoms with Crippen molar-refractivity contribution in [2.24, 2.45) is 0 Å². The van der Waals surface area contributed by atoms with E-state index in [2.05, 4.69) is 27.8 Å². The lowest BCUT2D eigenvalue weighted by atomic mass is 10.3. The fourth-order valence-corrected chi connectivity index (χ4v) is 2.20. The summed E-state index contributed by atoms with van der Waals surface area (Å²) in [4.78, 5) is 11.0. The van der Waals surface area contributed by atoms with Crippen LogP contribution in [0.5, 0.6) is 0 Å². The zero-order valence-corrected chi connectivity index (χ0v) is 11.5. The van der Waals surface area contributed by atoms with Gasteiger partial charge < -0.3 is 10.4 Å². The number of carboxylic acid groups (broad SMARTS) is 1. The molecule has 1 heterocycles. The number of rotatable bonds is 9. The molecule has 0 saturated carbocycles. The van der Waals surface area contributed by atoms with Gasteiger partial charge in [0.05, 0.1) is 6.54 Å². The molecule has 102 valence electrons. The van der Waals surface area contributed by atoms with Crippen LogP contribution in [-0.2, 0) is 11.3 Å². The smallest absolute Gasteiger partial charge is 0.317 e. The first-order chi connectivity index (χ1) is 8.69. The van der Waals surface area contributed by atoms with Crippen LogP contribution in [0.25, 0.3) is 0 Å². The van der Waals surface area contributed by atoms with E-state index in [1.165, 1.54) is 11.8 Å². The Bertz CT molecular complexity index is 371. The largest absolute Gasteiger partial charge is 0.480 e. The van der Waals surface area contributed by atoms with E-state index in [1.807, 2.05) is 6.92 Å². The number of hydrogen-bond acceptors (Lipinski definition) is 6. The molecule has 1 rings (SSSR count). The summed E-state index contributed by atoms with van der Waals surface area (Å²) in [7, 11) is 0. The molecule has 0 spiro atoms. The third-order valence-corrected chi connectivity index (χ3v) is 3.64. The summed E-state index contributed by atoms with van der Waals surface area (Å²) >= 11 is 1.19. The number of carboxylic acids is 1. The predicted octanol–water partition coefficient (Wildman–Crippen LogP) is 0.628. The summed E-state index contributed by atoms with van der Waals surface area (Å²) < 4.78 is 1.64. The molecule has 0 amide bonds. The number of nitrogens with one attached hydrogen (secondary N) is 1. The topological polar surface area (TPSA) is 92.9 Å². The molecule has 0 aliphatic heterocycles. The fourth-order valence-electron chi connectivity index (χ4n) is 1.34. The number of tetrazole rings is 1. The van der Waals surface area contributed by atoms with E-state index in [9.17, 15) is 4.79 Å². The Morgan fingerprint density at radius 2 is 2.28 bits per heavy atom. The molecular weight excluding hydrogens is 254 g/mol. The molecule has 0 fully saturated rings. The van der Waals surface area contributed by atoms with Crippen molar-refractivity contribution in [3.63, 3.8) is 0 Å². The van der Waals surface area contributed by atoms with Crippen LogP contribution in [0.15, 0.2) is 5.16 Å². The molecule has 1 aromatic rings. The minimum absolute atomic E-state index is 0.502. The molecule has 1 atom stereocenters. The molecule has 1 unspecified atom stereocenters. The SMILES string of the molecule is CCCNCCn1nnnc1SC(CC)C(=O)O. The predicted molar refractivity (Wildman–Crippen MR) is 68.5 cm³/mol. The number of aliphatic carboxylic acids is 1. The Morgan fingerprint density at radius 1 is 1.50 bits per heavy atom. The van der Waals surface area contributed by atoms with Crippen LogP contribution >= 0.6 is 11.8 Å². The standard InChI is InChI=1S/C10H19N5O2S/c1-3-5-11-6-7-15-10(12-13-14-15)18-8(4-2)9(16)17/h8,11H,3-7H2,1-2H3,(H,16,17). The van der Waals surface area contributed by atoms with Crippen molar-refractivity contribution in [1.82, 2.24) is 25.5 Å². The van der Waals surface area contributed by atoms with Gasteiger partial charge in [0.15, 0.2) is 0 Å². The van der Waals surface area contributed by atoms with E-state index in [1.54, 1.807) is 4.68 Å². The molecule has 0 radical (unpaired) electrons. The molecule has 0 aromatic carbocycles. The maximum Gasteiger partial charge on any atom is 0.317 e. The first kappa shape index (κ1) is 14.9. The normalized spacial score (nSPS) is 12.6. The number of carbonyl (C=O) groups is 1. The zero-order valence-electron chi connectivity index (χ0n) is 10.7. The highest BCUT2D eigenvalue weighted by molar-refractivity contribution is 8.00. The first-order valence-corrected chi connectivity index (χ1v) is 6.93. The zero-order chi connectivity index (χ0) is 13.4. The van der Waals surface area contributed by atoms with Gasteiger partial charge in [-0.15, -0.1) is 5.10 Å². The molecule has 8 heteroatoms. The second-order valence-corrected chi connectivity index (χ2v) is 4.96. The van der Waals surface area contributed by atoms with E-state index in [0.717, 1.165) is 19.5 Å². The lowest BCUT2D eigenvalue weighted by Crippen LogP contribution is -2.22. The van der Waals surface area contributed by atoms with Crippen molar-refractivity contribution in [2.45, 2.75) is 43.6 Å². The maximum atomic E-state index is 11.0. The first-order valence-electron chi connectivity index (χ1n) is 6.05. The summed E-state index contributed by atoms with van der Waals surface area (Å²) in [5.74, 6) is -0.832. The van der Waals surface area contributed by atoms with Gasteiger partial charge in [-0.1, -0.05) is 25.6 Å². The molecule has 1 aromatic heterocycles. The minimum Gasteiger partial charge on any atom is -0.480 e. The van der Waals surface area contributed by atoms with Crippen LogP contribution < -0.4 is 5.32 Å². The van der Waals surface area contributed by atoms with Gasteiger partial charge in [0.2, 0.25) is 5.16 Å². The van der Waals surface area contributed by atoms with Crippen molar-refractivity contribution in [2.75, 3.05) is 13.1 Å². The third-order valence-electron chi connectivity index (χ3n) is 2.32. The van der Waals surface area contributed by atoms with E-state index >= 15 is 0 Å². The van der Waals surface area contributed by atoms with Gasteiger partial charge in [0.1, 0.15) is 5.25 Å². The Labute approximate surface area is 110 Å². The summed E-state index contributed by atoms with van der Waals surface area (Å²) in [5.41, 5.74) is 0. The Hall–Kier alpha value is -1.15. The molecule has 0 bridgehead atoms. The Morgan fingerprint density at radius 3 is 2.89 bits per heavy atom. The van der Waals surface area contributed by atoms with Crippen LogP contribution in [0.3, 0.4) is 0 Å². The van der Waals surface area contributed by atoms with Crippen LogP contribution in [0.2, 0.25) is 0 Å². The summed E-state index contributed by atoms with van der Waals surface area (Å²) in [6, 6.07) is 0. The average Bonchev–Trinajstić information content (AvgIpc) is 2.78. The van der Waals surface area contributed by atoms with Crippen LogP contribution in [0.1, 0.15) is 26.7 Å². The minimum atomic E-state index is -0.832. The van der Waals surface area contributed by atoms with E-state index in [4.69, 9.17) is 5.11 Å². The van der Waals surface area contributed by atoms with Gasteiger partial charge in [-0.05, 0) is 29.8 Å². The van der Waals surface area contributed by atoms with Crippen LogP contribution in [0.4, 0.5) is 0 Å². The third kappa shape index (κ3) is 4.61. The quantitative estimate of drug-likeness (QED) is 0.503. The fraction of sp³-hybridized carbons (Fsp3) is 0.800. The molecular formula is C10H19N5O2S. The van der Waals surface area contributed by atoms with Gasteiger partial charge >= 0.3 is 5.97 Å². The number of hydrogen-bond donors (Lipinski definition) is 2. The van der Waals surface area contributed by atoms with Gasteiger partial charge in [-0.3, -0.25) is 4.79 Å². The van der Waals surface area contributed by atoms with Crippen molar-refractivity contribution < 1.29 is 9.90 Å². The van der Waals surface area contributed by atoms with Crippen molar-refractivity contribution in [3.8, 4) is 0 Å². The van der Waals surface area contributed by atoms with E-state index in [0.29, 0.717) is 18.1 Å². The van der Waals surface area contributed by atoms with Gasteiger partial charge in [-0.2, -0.15) is 0 Å². The van der Waals surface area contributed by atoms with Gasteiger partial charge in [0, 0.05) is 6.54 Å². The number of aromatic nitrogens is 4. The Kier molecular flexibility index (Phi) is 6.66. The van der Waals surface area contributed by atoms with Crippen LogP contribution in [-0.4, -0.2) is 49.6 Å². The molecule has 18 heavy (non-hydrogen) atoms. The van der Waals surface area contributed by atoms with Crippen LogP contribution in [0, 0.1) is 0 Å². The lowest BCUT2D eigenvalue weighted by molar-refractivity contribution is -0.136. The molecule has 0 aliphatic rings. The summed E-state index contributed by atoms with van der Waals surface area (Å²) in [6.07, 6.45) is 1.62. The van der Waals surface area contributed by atoms with Gasteiger partial charge in [-0.25, -0.2) is 4.68 Å². The second kappa shape index (κ2) is 8.04. The molecule has 2 N–H and O–H groups in total. The van der Waals surface area contributed by atoms with E-state index < -0.39 is 11.2 Å². The molecule has 7 nitrogen and oxygen atoms in total. The summed E-state index contributed by atoms with van der Waals surface area (Å²) in [5, 5.41) is 23.6.